The normalized spacial score (nSPS) is 16.4. The van der Waals surface area contributed by atoms with Crippen molar-refractivity contribution >= 4 is 15.8 Å². The fraction of sp³-hybridized carbons (Fsp3) is 0.406. The van der Waals surface area contributed by atoms with Gasteiger partial charge in [0.1, 0.15) is 11.8 Å². The third kappa shape index (κ3) is 6.74. The van der Waals surface area contributed by atoms with Crippen LogP contribution in [0.3, 0.4) is 0 Å². The van der Waals surface area contributed by atoms with E-state index in [2.05, 4.69) is 17.1 Å². The molecule has 4 rings (SSSR count). The molecule has 1 atom stereocenters. The highest BCUT2D eigenvalue weighted by Gasteiger charge is 2.47. The molecule has 0 radical (unpaired) electrons. The highest BCUT2D eigenvalue weighted by molar-refractivity contribution is 7.92. The van der Waals surface area contributed by atoms with Crippen LogP contribution in [-0.2, 0) is 21.1 Å². The van der Waals surface area contributed by atoms with Crippen LogP contribution in [0.2, 0.25) is 0 Å². The van der Waals surface area contributed by atoms with Gasteiger partial charge in [-0.3, -0.25) is 4.79 Å². The van der Waals surface area contributed by atoms with Gasteiger partial charge >= 0.3 is 5.97 Å². The molecule has 0 aromatic heterocycles. The Hall–Kier alpha value is -3.20. The van der Waals surface area contributed by atoms with E-state index in [4.69, 9.17) is 4.74 Å². The molecule has 1 aliphatic rings. The number of sulfone groups is 1. The monoisotopic (exact) mass is 564 g/mol. The molecule has 0 amide bonds. The van der Waals surface area contributed by atoms with Gasteiger partial charge in [0.2, 0.25) is 0 Å². The standard InChI is InChI=1S/C32H40N2O5S/c1-3-4-20-34-21-18-32(19-22-34,40(37,38)27-10-6-5-7-11-27)24-33-29(31(35)36)23-25-14-16-26(17-15-25)28-12-8-9-13-30(28)39-2/h5-17,29,33H,3-4,18-24H2,1-2H3,(H,35,36)/t29-/m0/s1. The number of aliphatic carboxylic acids is 1. The zero-order valence-corrected chi connectivity index (χ0v) is 24.2. The van der Waals surface area contributed by atoms with Gasteiger partial charge in [0, 0.05) is 12.1 Å². The number of piperidine rings is 1. The van der Waals surface area contributed by atoms with Gasteiger partial charge in [-0.05, 0) is 74.6 Å². The van der Waals surface area contributed by atoms with Crippen molar-refractivity contribution in [1.82, 2.24) is 10.2 Å². The summed E-state index contributed by atoms with van der Waals surface area (Å²) in [6, 6.07) is 23.1. The maximum atomic E-state index is 14.0. The lowest BCUT2D eigenvalue weighted by molar-refractivity contribution is -0.139. The van der Waals surface area contributed by atoms with Crippen molar-refractivity contribution in [2.24, 2.45) is 0 Å². The third-order valence-corrected chi connectivity index (χ3v) is 10.6. The van der Waals surface area contributed by atoms with Crippen molar-refractivity contribution in [3.63, 3.8) is 0 Å². The van der Waals surface area contributed by atoms with E-state index < -0.39 is 26.6 Å². The number of carbonyl (C=O) groups is 1. The molecule has 1 heterocycles. The number of carboxylic acids is 1. The van der Waals surface area contributed by atoms with Gasteiger partial charge in [-0.1, -0.05) is 74.0 Å². The zero-order valence-electron chi connectivity index (χ0n) is 23.4. The molecule has 7 nitrogen and oxygen atoms in total. The summed E-state index contributed by atoms with van der Waals surface area (Å²) in [5.41, 5.74) is 2.79. The van der Waals surface area contributed by atoms with E-state index in [1.807, 2.05) is 48.5 Å². The summed E-state index contributed by atoms with van der Waals surface area (Å²) in [7, 11) is -2.06. The van der Waals surface area contributed by atoms with Crippen LogP contribution >= 0.6 is 0 Å². The topological polar surface area (TPSA) is 95.9 Å². The van der Waals surface area contributed by atoms with Crippen molar-refractivity contribution in [2.75, 3.05) is 33.3 Å². The van der Waals surface area contributed by atoms with Gasteiger partial charge in [-0.2, -0.15) is 0 Å². The van der Waals surface area contributed by atoms with Crippen LogP contribution < -0.4 is 10.1 Å². The molecule has 214 valence electrons. The second kappa shape index (κ2) is 13.4. The summed E-state index contributed by atoms with van der Waals surface area (Å²) in [6.07, 6.45) is 3.33. The predicted molar refractivity (Wildman–Crippen MR) is 159 cm³/mol. The Kier molecular flexibility index (Phi) is 10.0. The van der Waals surface area contributed by atoms with E-state index >= 15 is 0 Å². The molecule has 8 heteroatoms. The first kappa shape index (κ1) is 29.8. The fourth-order valence-corrected chi connectivity index (χ4v) is 7.46. The van der Waals surface area contributed by atoms with E-state index in [0.717, 1.165) is 41.8 Å². The van der Waals surface area contributed by atoms with E-state index in [0.29, 0.717) is 25.9 Å². The molecule has 1 saturated heterocycles. The zero-order chi connectivity index (χ0) is 28.6. The number of methoxy groups -OCH3 is 1. The Morgan fingerprint density at radius 3 is 2.27 bits per heavy atom. The van der Waals surface area contributed by atoms with Crippen LogP contribution in [0.25, 0.3) is 11.1 Å². The van der Waals surface area contributed by atoms with Crippen LogP contribution in [0.4, 0.5) is 0 Å². The summed E-state index contributed by atoms with van der Waals surface area (Å²) in [5.74, 6) is -0.229. The Morgan fingerprint density at radius 2 is 1.65 bits per heavy atom. The first-order valence-electron chi connectivity index (χ1n) is 14.0. The average Bonchev–Trinajstić information content (AvgIpc) is 2.99. The lowest BCUT2D eigenvalue weighted by Crippen LogP contribution is -2.57. The van der Waals surface area contributed by atoms with Gasteiger partial charge in [0.05, 0.1) is 16.8 Å². The first-order valence-corrected chi connectivity index (χ1v) is 15.5. The number of hydrogen-bond donors (Lipinski definition) is 2. The number of nitrogens with zero attached hydrogens (tertiary/aromatic N) is 1. The molecule has 0 unspecified atom stereocenters. The lowest BCUT2D eigenvalue weighted by atomic mass is 9.94. The number of hydrogen-bond acceptors (Lipinski definition) is 6. The number of nitrogens with one attached hydrogen (secondary N) is 1. The summed E-state index contributed by atoms with van der Waals surface area (Å²) < 4.78 is 32.4. The highest BCUT2D eigenvalue weighted by atomic mass is 32.2. The van der Waals surface area contributed by atoms with Crippen LogP contribution in [0.15, 0.2) is 83.8 Å². The fourth-order valence-electron chi connectivity index (χ4n) is 5.45. The van der Waals surface area contributed by atoms with Crippen molar-refractivity contribution in [2.45, 2.75) is 54.7 Å². The summed E-state index contributed by atoms with van der Waals surface area (Å²) in [5, 5.41) is 13.2. The van der Waals surface area contributed by atoms with Gasteiger partial charge < -0.3 is 20.1 Å². The van der Waals surface area contributed by atoms with Gasteiger partial charge in [0.25, 0.3) is 0 Å². The Labute approximate surface area is 238 Å². The molecule has 3 aromatic rings. The second-order valence-corrected chi connectivity index (χ2v) is 12.9. The summed E-state index contributed by atoms with van der Waals surface area (Å²) >= 11 is 0. The number of unbranched alkanes of at least 4 members (excludes halogenated alkanes) is 1. The van der Waals surface area contributed by atoms with Crippen molar-refractivity contribution in [3.05, 3.63) is 84.4 Å². The summed E-state index contributed by atoms with van der Waals surface area (Å²) in [6.45, 7) is 4.54. The third-order valence-electron chi connectivity index (χ3n) is 8.00. The lowest BCUT2D eigenvalue weighted by Gasteiger charge is -2.42. The maximum Gasteiger partial charge on any atom is 0.321 e. The van der Waals surface area contributed by atoms with Crippen molar-refractivity contribution < 1.29 is 23.1 Å². The number of benzene rings is 3. The minimum absolute atomic E-state index is 0.0854. The van der Waals surface area contributed by atoms with E-state index in [-0.39, 0.29) is 17.9 Å². The molecule has 0 bridgehead atoms. The number of rotatable bonds is 13. The van der Waals surface area contributed by atoms with Crippen molar-refractivity contribution in [1.29, 1.82) is 0 Å². The van der Waals surface area contributed by atoms with Crippen molar-refractivity contribution in [3.8, 4) is 16.9 Å². The van der Waals surface area contributed by atoms with Gasteiger partial charge in [0.15, 0.2) is 9.84 Å². The molecule has 0 aliphatic carbocycles. The molecule has 0 saturated carbocycles. The molecular formula is C32H40N2O5S. The van der Waals surface area contributed by atoms with Crippen LogP contribution in [0.1, 0.15) is 38.2 Å². The van der Waals surface area contributed by atoms with E-state index in [1.54, 1.807) is 37.4 Å². The van der Waals surface area contributed by atoms with Gasteiger partial charge in [-0.15, -0.1) is 0 Å². The summed E-state index contributed by atoms with van der Waals surface area (Å²) in [4.78, 5) is 14.9. The SMILES string of the molecule is CCCCN1CCC(CN[C@@H](Cc2ccc(-c3ccccc3OC)cc2)C(=O)O)(S(=O)(=O)c2ccccc2)CC1. The molecule has 40 heavy (non-hydrogen) atoms. The Balaban J connectivity index is 1.52. The maximum absolute atomic E-state index is 14.0. The molecular weight excluding hydrogens is 524 g/mol. The molecule has 0 spiro atoms. The number of ether oxygens (including phenoxy) is 1. The van der Waals surface area contributed by atoms with Gasteiger partial charge in [-0.25, -0.2) is 8.42 Å². The molecule has 1 fully saturated rings. The number of likely N-dealkylation sites (tertiary alicyclic amines) is 1. The quantitative estimate of drug-likeness (QED) is 0.300. The number of carboxylic acid groups (broad SMARTS) is 1. The molecule has 3 aromatic carbocycles. The minimum atomic E-state index is -3.70. The Bertz CT molecular complexity index is 1350. The average molecular weight is 565 g/mol. The molecule has 1 aliphatic heterocycles. The van der Waals surface area contributed by atoms with Crippen LogP contribution in [-0.4, -0.2) is 68.5 Å². The van der Waals surface area contributed by atoms with E-state index in [9.17, 15) is 18.3 Å². The largest absolute Gasteiger partial charge is 0.496 e. The number of para-hydroxylation sites is 1. The predicted octanol–water partition coefficient (Wildman–Crippen LogP) is 5.06. The smallest absolute Gasteiger partial charge is 0.321 e. The minimum Gasteiger partial charge on any atom is -0.496 e. The second-order valence-electron chi connectivity index (χ2n) is 10.6. The van der Waals surface area contributed by atoms with Crippen LogP contribution in [0.5, 0.6) is 5.75 Å². The van der Waals surface area contributed by atoms with E-state index in [1.165, 1.54) is 0 Å². The van der Waals surface area contributed by atoms with Crippen LogP contribution in [0, 0.1) is 0 Å². The Morgan fingerprint density at radius 1 is 1.00 bits per heavy atom. The molecule has 2 N–H and O–H groups in total. The first-order chi connectivity index (χ1) is 19.3. The highest BCUT2D eigenvalue weighted by Crippen LogP contribution is 2.36.